The average molecular weight is 237 g/mol. The second-order valence-corrected chi connectivity index (χ2v) is 3.76. The number of hydrogen-bond acceptors (Lipinski definition) is 3. The third-order valence-electron chi connectivity index (χ3n) is 2.07. The fraction of sp³-hybridized carbons (Fsp3) is 0.273. The summed E-state index contributed by atoms with van der Waals surface area (Å²) in [6, 6.07) is 4.33. The molecule has 0 heterocycles. The highest BCUT2D eigenvalue weighted by molar-refractivity contribution is 6.00. The number of nitrogens with zero attached hydrogens (tertiary/aromatic N) is 1. The summed E-state index contributed by atoms with van der Waals surface area (Å²) < 4.78 is 0. The van der Waals surface area contributed by atoms with Crippen molar-refractivity contribution in [2.45, 2.75) is 6.92 Å². The fourth-order valence-corrected chi connectivity index (χ4v) is 1.36. The predicted molar refractivity (Wildman–Crippen MR) is 64.0 cm³/mol. The Hall–Kier alpha value is -2.08. The molecule has 0 saturated heterocycles. The number of carboxylic acids is 1. The lowest BCUT2D eigenvalue weighted by Gasteiger charge is -2.15. The Labute approximate surface area is 99.2 Å². The summed E-state index contributed by atoms with van der Waals surface area (Å²) in [7, 11) is 3.32. The van der Waals surface area contributed by atoms with E-state index < -0.39 is 12.0 Å². The van der Waals surface area contributed by atoms with Crippen molar-refractivity contribution in [1.82, 2.24) is 10.4 Å². The molecule has 0 aliphatic heterocycles. The van der Waals surface area contributed by atoms with Crippen molar-refractivity contribution in [3.8, 4) is 0 Å². The minimum atomic E-state index is -1.08. The molecular weight excluding hydrogens is 222 g/mol. The van der Waals surface area contributed by atoms with Gasteiger partial charge in [0.05, 0.1) is 11.3 Å². The second-order valence-electron chi connectivity index (χ2n) is 3.76. The van der Waals surface area contributed by atoms with Crippen molar-refractivity contribution in [3.63, 3.8) is 0 Å². The minimum absolute atomic E-state index is 0.0684. The van der Waals surface area contributed by atoms with Gasteiger partial charge in [0.25, 0.3) is 0 Å². The van der Waals surface area contributed by atoms with Gasteiger partial charge < -0.3 is 10.4 Å². The van der Waals surface area contributed by atoms with Crippen LogP contribution in [0.1, 0.15) is 15.9 Å². The molecule has 0 radical (unpaired) electrons. The van der Waals surface area contributed by atoms with Gasteiger partial charge in [-0.2, -0.15) is 0 Å². The molecule has 6 heteroatoms. The summed E-state index contributed by atoms with van der Waals surface area (Å²) in [4.78, 5) is 22.5. The Morgan fingerprint density at radius 1 is 1.29 bits per heavy atom. The topological polar surface area (TPSA) is 81.7 Å². The Morgan fingerprint density at radius 2 is 1.94 bits per heavy atom. The molecule has 2 amide bonds. The van der Waals surface area contributed by atoms with Gasteiger partial charge in [-0.1, -0.05) is 12.1 Å². The van der Waals surface area contributed by atoms with E-state index in [0.717, 1.165) is 0 Å². The van der Waals surface area contributed by atoms with Crippen LogP contribution in [0.3, 0.4) is 0 Å². The number of amides is 2. The van der Waals surface area contributed by atoms with Crippen LogP contribution in [0.25, 0.3) is 0 Å². The number of anilines is 1. The Morgan fingerprint density at radius 3 is 2.47 bits per heavy atom. The lowest BCUT2D eigenvalue weighted by molar-refractivity contribution is 0.0698. The SMILES string of the molecule is Cc1cccc(C(=O)O)c1NC(=O)NN(C)C. The molecular formula is C11H15N3O3. The quantitative estimate of drug-likeness (QED) is 0.692. The monoisotopic (exact) mass is 237 g/mol. The molecule has 0 unspecified atom stereocenters. The van der Waals surface area contributed by atoms with Crippen LogP contribution in [0.2, 0.25) is 0 Å². The number of nitrogens with one attached hydrogen (secondary N) is 2. The number of hydrogen-bond donors (Lipinski definition) is 3. The van der Waals surface area contributed by atoms with Gasteiger partial charge in [0.15, 0.2) is 0 Å². The first-order chi connectivity index (χ1) is 7.91. The van der Waals surface area contributed by atoms with Crippen LogP contribution >= 0.6 is 0 Å². The molecule has 1 rings (SSSR count). The number of urea groups is 1. The van der Waals surface area contributed by atoms with Gasteiger partial charge in [-0.25, -0.2) is 14.6 Å². The number of carboxylic acid groups (broad SMARTS) is 1. The smallest absolute Gasteiger partial charge is 0.337 e. The molecule has 0 bridgehead atoms. The molecule has 1 aromatic rings. The molecule has 0 fully saturated rings. The molecule has 0 aliphatic carbocycles. The van der Waals surface area contributed by atoms with Gasteiger partial charge in [-0.3, -0.25) is 5.43 Å². The summed E-state index contributed by atoms with van der Waals surface area (Å²) in [5.74, 6) is -1.08. The zero-order valence-electron chi connectivity index (χ0n) is 9.94. The van der Waals surface area contributed by atoms with Crippen LogP contribution < -0.4 is 10.7 Å². The molecule has 0 saturated carbocycles. The van der Waals surface area contributed by atoms with Crippen LogP contribution in [-0.4, -0.2) is 36.2 Å². The van der Waals surface area contributed by atoms with E-state index in [1.165, 1.54) is 11.1 Å². The number of aryl methyl sites for hydroxylation is 1. The summed E-state index contributed by atoms with van der Waals surface area (Å²) in [5, 5.41) is 13.0. The van der Waals surface area contributed by atoms with Crippen molar-refractivity contribution in [1.29, 1.82) is 0 Å². The Balaban J connectivity index is 2.97. The first-order valence-electron chi connectivity index (χ1n) is 4.99. The van der Waals surface area contributed by atoms with Crippen LogP contribution in [-0.2, 0) is 0 Å². The lowest BCUT2D eigenvalue weighted by atomic mass is 10.1. The van der Waals surface area contributed by atoms with Crippen molar-refractivity contribution < 1.29 is 14.7 Å². The summed E-state index contributed by atoms with van der Waals surface area (Å²) in [6.07, 6.45) is 0. The normalized spacial score (nSPS) is 10.1. The maximum Gasteiger partial charge on any atom is 0.337 e. The van der Waals surface area contributed by atoms with Crippen molar-refractivity contribution >= 4 is 17.7 Å². The number of aromatic carboxylic acids is 1. The van der Waals surface area contributed by atoms with E-state index in [1.807, 2.05) is 0 Å². The van der Waals surface area contributed by atoms with Crippen molar-refractivity contribution in [2.24, 2.45) is 0 Å². The van der Waals surface area contributed by atoms with Gasteiger partial charge in [0.2, 0.25) is 0 Å². The highest BCUT2D eigenvalue weighted by atomic mass is 16.4. The highest BCUT2D eigenvalue weighted by Gasteiger charge is 2.14. The average Bonchev–Trinajstić information content (AvgIpc) is 2.19. The number of hydrazine groups is 1. The van der Waals surface area contributed by atoms with E-state index in [4.69, 9.17) is 5.11 Å². The third kappa shape index (κ3) is 3.46. The number of rotatable bonds is 3. The zero-order chi connectivity index (χ0) is 13.0. The predicted octanol–water partition coefficient (Wildman–Crippen LogP) is 1.29. The molecule has 0 aliphatic rings. The third-order valence-corrected chi connectivity index (χ3v) is 2.07. The molecule has 0 aromatic heterocycles. The van der Waals surface area contributed by atoms with E-state index in [-0.39, 0.29) is 5.56 Å². The molecule has 1 aromatic carbocycles. The number of benzene rings is 1. The Kier molecular flexibility index (Phi) is 4.06. The first kappa shape index (κ1) is 13.0. The lowest BCUT2D eigenvalue weighted by Crippen LogP contribution is -2.39. The molecule has 0 spiro atoms. The fourth-order valence-electron chi connectivity index (χ4n) is 1.36. The highest BCUT2D eigenvalue weighted by Crippen LogP contribution is 2.20. The summed E-state index contributed by atoms with van der Waals surface area (Å²) in [6.45, 7) is 1.73. The van der Waals surface area contributed by atoms with Gasteiger partial charge in [0.1, 0.15) is 0 Å². The molecule has 0 atom stereocenters. The molecule has 3 N–H and O–H groups in total. The second kappa shape index (κ2) is 5.31. The number of para-hydroxylation sites is 1. The van der Waals surface area contributed by atoms with E-state index in [9.17, 15) is 9.59 Å². The van der Waals surface area contributed by atoms with E-state index in [2.05, 4.69) is 10.7 Å². The first-order valence-corrected chi connectivity index (χ1v) is 4.99. The molecule has 92 valence electrons. The molecule has 17 heavy (non-hydrogen) atoms. The van der Waals surface area contributed by atoms with Crippen molar-refractivity contribution in [2.75, 3.05) is 19.4 Å². The van der Waals surface area contributed by atoms with Crippen LogP contribution in [0, 0.1) is 6.92 Å². The zero-order valence-corrected chi connectivity index (χ0v) is 9.94. The van der Waals surface area contributed by atoms with Crippen molar-refractivity contribution in [3.05, 3.63) is 29.3 Å². The summed E-state index contributed by atoms with van der Waals surface area (Å²) in [5.41, 5.74) is 3.54. The van der Waals surface area contributed by atoms with E-state index >= 15 is 0 Å². The Bertz CT molecular complexity index is 444. The minimum Gasteiger partial charge on any atom is -0.478 e. The van der Waals surface area contributed by atoms with Gasteiger partial charge >= 0.3 is 12.0 Å². The number of carbonyl (C=O) groups is 2. The maximum atomic E-state index is 11.5. The van der Waals surface area contributed by atoms with Gasteiger partial charge in [-0.05, 0) is 18.6 Å². The number of carbonyl (C=O) groups excluding carboxylic acids is 1. The van der Waals surface area contributed by atoms with Crippen LogP contribution in [0.4, 0.5) is 10.5 Å². The largest absolute Gasteiger partial charge is 0.478 e. The summed E-state index contributed by atoms with van der Waals surface area (Å²) >= 11 is 0. The van der Waals surface area contributed by atoms with E-state index in [1.54, 1.807) is 33.2 Å². The van der Waals surface area contributed by atoms with Gasteiger partial charge in [0, 0.05) is 14.1 Å². The van der Waals surface area contributed by atoms with Crippen LogP contribution in [0.15, 0.2) is 18.2 Å². The molecule has 6 nitrogen and oxygen atoms in total. The maximum absolute atomic E-state index is 11.5. The van der Waals surface area contributed by atoms with E-state index in [0.29, 0.717) is 11.3 Å². The van der Waals surface area contributed by atoms with Crippen LogP contribution in [0.5, 0.6) is 0 Å². The van der Waals surface area contributed by atoms with Gasteiger partial charge in [-0.15, -0.1) is 0 Å². The standard InChI is InChI=1S/C11H15N3O3/c1-7-5-4-6-8(10(15)16)9(7)12-11(17)13-14(2)3/h4-6H,1-3H3,(H,15,16)(H2,12,13,17).